The topological polar surface area (TPSA) is 58.9 Å². The summed E-state index contributed by atoms with van der Waals surface area (Å²) in [6.07, 6.45) is 15.3. The molecule has 1 heterocycles. The number of aliphatic hydroxyl groups is 2. The molecule has 0 aromatic rings. The Labute approximate surface area is 184 Å². The van der Waals surface area contributed by atoms with E-state index in [-0.39, 0.29) is 18.8 Å². The normalized spacial score (nSPS) is 21.6. The van der Waals surface area contributed by atoms with Crippen molar-refractivity contribution in [2.45, 2.75) is 121 Å². The molecule has 0 bridgehead atoms. The van der Waals surface area contributed by atoms with E-state index in [2.05, 4.69) is 26.8 Å². The van der Waals surface area contributed by atoms with E-state index in [1.165, 1.54) is 56.3 Å². The van der Waals surface area contributed by atoms with Crippen LogP contribution in [0.5, 0.6) is 0 Å². The van der Waals surface area contributed by atoms with Crippen molar-refractivity contribution in [2.75, 3.05) is 13.2 Å². The van der Waals surface area contributed by atoms with Gasteiger partial charge in [-0.25, -0.2) is 0 Å². The summed E-state index contributed by atoms with van der Waals surface area (Å²) >= 11 is -2.12. The van der Waals surface area contributed by atoms with Crippen LogP contribution < -0.4 is 0 Å². The van der Waals surface area contributed by atoms with Crippen molar-refractivity contribution in [1.82, 2.24) is 0 Å². The summed E-state index contributed by atoms with van der Waals surface area (Å²) in [5.41, 5.74) is 0. The number of aliphatic hydroxyl groups excluding tert-OH is 2. The SMILES string of the molecule is CCC[CH2][Sn]([CH2]/C=C\O[C@H]1CCCO[C@@H]1CCC(O)CO)([CH2]CCC)[CH2]CCC. The van der Waals surface area contributed by atoms with Gasteiger partial charge in [0.1, 0.15) is 0 Å². The van der Waals surface area contributed by atoms with Crippen LogP contribution in [-0.2, 0) is 9.47 Å². The van der Waals surface area contributed by atoms with Crippen molar-refractivity contribution in [1.29, 1.82) is 0 Å². The fourth-order valence-electron chi connectivity index (χ4n) is 4.48. The third kappa shape index (κ3) is 11.4. The third-order valence-corrected chi connectivity index (χ3v) is 21.7. The molecular formula is C24H48O4Sn. The second-order valence-corrected chi connectivity index (χ2v) is 23.0. The predicted octanol–water partition coefficient (Wildman–Crippen LogP) is 6.05. The Bertz CT molecular complexity index is 394. The van der Waals surface area contributed by atoms with Gasteiger partial charge in [-0.2, -0.15) is 0 Å². The Morgan fingerprint density at radius 2 is 1.69 bits per heavy atom. The summed E-state index contributed by atoms with van der Waals surface area (Å²) in [4.78, 5) is 0. The minimum absolute atomic E-state index is 0.0307. The van der Waals surface area contributed by atoms with Crippen molar-refractivity contribution in [3.8, 4) is 0 Å². The summed E-state index contributed by atoms with van der Waals surface area (Å²) < 4.78 is 18.0. The molecule has 0 aromatic carbocycles. The van der Waals surface area contributed by atoms with E-state index in [1.54, 1.807) is 0 Å². The van der Waals surface area contributed by atoms with Crippen LogP contribution in [-0.4, -0.2) is 60.1 Å². The number of ether oxygens (including phenoxy) is 2. The molecule has 4 nitrogen and oxygen atoms in total. The summed E-state index contributed by atoms with van der Waals surface area (Å²) in [5, 5.41) is 18.7. The van der Waals surface area contributed by atoms with Gasteiger partial charge in [0, 0.05) is 0 Å². The zero-order valence-electron chi connectivity index (χ0n) is 19.4. The van der Waals surface area contributed by atoms with E-state index in [0.717, 1.165) is 25.9 Å². The Kier molecular flexibility index (Phi) is 15.8. The van der Waals surface area contributed by atoms with E-state index < -0.39 is 24.5 Å². The minimum atomic E-state index is -2.12. The van der Waals surface area contributed by atoms with Crippen molar-refractivity contribution in [2.24, 2.45) is 0 Å². The number of allylic oxidation sites excluding steroid dienone is 1. The van der Waals surface area contributed by atoms with Gasteiger partial charge in [0.05, 0.1) is 0 Å². The van der Waals surface area contributed by atoms with Crippen LogP contribution in [0.4, 0.5) is 0 Å². The number of hydrogen-bond acceptors (Lipinski definition) is 4. The molecule has 0 aromatic heterocycles. The van der Waals surface area contributed by atoms with Gasteiger partial charge in [-0.15, -0.1) is 0 Å². The molecule has 1 fully saturated rings. The quantitative estimate of drug-likeness (QED) is 0.182. The first-order chi connectivity index (χ1) is 14.1. The van der Waals surface area contributed by atoms with E-state index in [4.69, 9.17) is 14.6 Å². The van der Waals surface area contributed by atoms with E-state index in [0.29, 0.717) is 6.42 Å². The van der Waals surface area contributed by atoms with Crippen LogP contribution >= 0.6 is 0 Å². The first-order valence-electron chi connectivity index (χ1n) is 12.3. The molecule has 2 N–H and O–H groups in total. The molecule has 3 atom stereocenters. The Morgan fingerprint density at radius 1 is 1.07 bits per heavy atom. The van der Waals surface area contributed by atoms with Gasteiger partial charge in [-0.3, -0.25) is 0 Å². The number of hydrogen-bond donors (Lipinski definition) is 2. The molecule has 0 aliphatic carbocycles. The van der Waals surface area contributed by atoms with Crippen molar-refractivity contribution in [3.63, 3.8) is 0 Å². The maximum atomic E-state index is 9.64. The molecule has 1 aliphatic rings. The maximum absolute atomic E-state index is 9.64. The molecule has 0 spiro atoms. The van der Waals surface area contributed by atoms with Crippen LogP contribution in [0, 0.1) is 0 Å². The van der Waals surface area contributed by atoms with E-state index in [1.807, 2.05) is 6.26 Å². The zero-order chi connectivity index (χ0) is 21.4. The molecule has 1 aliphatic heterocycles. The van der Waals surface area contributed by atoms with Gasteiger partial charge in [0.2, 0.25) is 0 Å². The first-order valence-corrected chi connectivity index (χ1v) is 20.4. The summed E-state index contributed by atoms with van der Waals surface area (Å²) in [5.74, 6) is 0. The van der Waals surface area contributed by atoms with Crippen LogP contribution in [0.3, 0.4) is 0 Å². The molecular weight excluding hydrogens is 471 g/mol. The molecule has 29 heavy (non-hydrogen) atoms. The number of rotatable bonds is 17. The van der Waals surface area contributed by atoms with Crippen molar-refractivity contribution < 1.29 is 19.7 Å². The standard InChI is InChI=1S/C12H21O4.3C4H9.Sn/c1-2-7-15-11-4-3-8-16-12(11)6-5-10(14)9-13;3*1-3-4-2;/h2,7,10-14H,1,3-6,8-9H2;3*1,3-4H2,2H3;/b7-2-;;;;/t10?,11-,12+;;;;/m0..../s1. The van der Waals surface area contributed by atoms with Gasteiger partial charge in [0.25, 0.3) is 0 Å². The molecule has 5 heteroatoms. The van der Waals surface area contributed by atoms with Gasteiger partial charge in [-0.05, 0) is 0 Å². The predicted molar refractivity (Wildman–Crippen MR) is 125 cm³/mol. The molecule has 1 rings (SSSR count). The molecule has 0 amide bonds. The second kappa shape index (κ2) is 16.9. The molecule has 1 saturated heterocycles. The average molecular weight is 519 g/mol. The van der Waals surface area contributed by atoms with Crippen LogP contribution in [0.25, 0.3) is 0 Å². The van der Waals surface area contributed by atoms with Gasteiger partial charge in [0.15, 0.2) is 0 Å². The summed E-state index contributed by atoms with van der Waals surface area (Å²) in [7, 11) is 0. The molecule has 1 unspecified atom stereocenters. The Morgan fingerprint density at radius 3 is 2.24 bits per heavy atom. The first kappa shape index (κ1) is 27.3. The van der Waals surface area contributed by atoms with Crippen LogP contribution in [0.1, 0.15) is 85.0 Å². The number of unbranched alkanes of at least 4 members (excludes halogenated alkanes) is 3. The fraction of sp³-hybridized carbons (Fsp3) is 0.917. The average Bonchev–Trinajstić information content (AvgIpc) is 2.76. The monoisotopic (exact) mass is 520 g/mol. The van der Waals surface area contributed by atoms with Crippen molar-refractivity contribution >= 4 is 18.4 Å². The fourth-order valence-corrected chi connectivity index (χ4v) is 19.5. The molecule has 172 valence electrons. The Hall–Kier alpha value is 0.219. The summed E-state index contributed by atoms with van der Waals surface area (Å²) in [6.45, 7) is 7.57. The van der Waals surface area contributed by atoms with Crippen LogP contribution in [0.15, 0.2) is 12.3 Å². The van der Waals surface area contributed by atoms with Gasteiger partial charge in [-0.1, -0.05) is 0 Å². The van der Waals surface area contributed by atoms with E-state index >= 15 is 0 Å². The zero-order valence-corrected chi connectivity index (χ0v) is 22.3. The van der Waals surface area contributed by atoms with Crippen LogP contribution in [0.2, 0.25) is 17.7 Å². The van der Waals surface area contributed by atoms with Crippen molar-refractivity contribution in [3.05, 3.63) is 12.3 Å². The van der Waals surface area contributed by atoms with Gasteiger partial charge < -0.3 is 0 Å². The molecule has 0 radical (unpaired) electrons. The van der Waals surface area contributed by atoms with Gasteiger partial charge >= 0.3 is 185 Å². The summed E-state index contributed by atoms with van der Waals surface area (Å²) in [6, 6.07) is 0. The second-order valence-electron chi connectivity index (χ2n) is 9.03. The van der Waals surface area contributed by atoms with E-state index in [9.17, 15) is 5.11 Å². The third-order valence-electron chi connectivity index (χ3n) is 6.46. The molecule has 0 saturated carbocycles. The Balaban J connectivity index is 2.62.